The Hall–Kier alpha value is -2.89. The number of urea groups is 1. The van der Waals surface area contributed by atoms with Gasteiger partial charge in [0.1, 0.15) is 0 Å². The molecule has 0 bridgehead atoms. The van der Waals surface area contributed by atoms with Crippen molar-refractivity contribution in [2.24, 2.45) is 0 Å². The third-order valence-electron chi connectivity index (χ3n) is 3.27. The molecule has 6 nitrogen and oxygen atoms in total. The summed E-state index contributed by atoms with van der Waals surface area (Å²) >= 11 is 0. The van der Waals surface area contributed by atoms with Crippen molar-refractivity contribution in [3.8, 4) is 0 Å². The number of nitrogens with zero attached hydrogens (tertiary/aromatic N) is 2. The largest absolute Gasteiger partial charge is 0.326 e. The molecule has 2 aromatic rings. The molecule has 120 valence electrons. The molecule has 6 heteroatoms. The first-order valence-corrected chi connectivity index (χ1v) is 7.26. The Labute approximate surface area is 135 Å². The van der Waals surface area contributed by atoms with Crippen molar-refractivity contribution in [3.63, 3.8) is 0 Å². The molecule has 0 unspecified atom stereocenters. The van der Waals surface area contributed by atoms with Crippen LogP contribution in [0.4, 0.5) is 16.2 Å². The fourth-order valence-corrected chi connectivity index (χ4v) is 2.05. The second-order valence-corrected chi connectivity index (χ2v) is 5.32. The zero-order valence-electron chi connectivity index (χ0n) is 13.5. The second-order valence-electron chi connectivity index (χ2n) is 5.32. The zero-order valence-corrected chi connectivity index (χ0v) is 13.5. The maximum absolute atomic E-state index is 12.3. The summed E-state index contributed by atoms with van der Waals surface area (Å²) in [6.07, 6.45) is 1.70. The Kier molecular flexibility index (Phi) is 5.30. The second kappa shape index (κ2) is 7.40. The SMILES string of the molecule is CC(=O)Nc1ccc(C)c(NC(=O)N(C)Cc2ccccn2)c1. The molecule has 2 rings (SSSR count). The molecule has 0 saturated carbocycles. The Balaban J connectivity index is 2.05. The van der Waals surface area contributed by atoms with Crippen LogP contribution in [0, 0.1) is 6.92 Å². The van der Waals surface area contributed by atoms with E-state index in [2.05, 4.69) is 15.6 Å². The quantitative estimate of drug-likeness (QED) is 0.911. The van der Waals surface area contributed by atoms with Gasteiger partial charge in [-0.05, 0) is 36.8 Å². The Bertz CT molecular complexity index is 701. The lowest BCUT2D eigenvalue weighted by atomic mass is 10.2. The predicted octanol–water partition coefficient (Wildman–Crippen LogP) is 3.01. The van der Waals surface area contributed by atoms with Crippen LogP contribution in [0.25, 0.3) is 0 Å². The van der Waals surface area contributed by atoms with Gasteiger partial charge < -0.3 is 15.5 Å². The van der Waals surface area contributed by atoms with Crippen LogP contribution in [-0.4, -0.2) is 28.9 Å². The number of rotatable bonds is 4. The maximum Gasteiger partial charge on any atom is 0.321 e. The van der Waals surface area contributed by atoms with Gasteiger partial charge in [-0.3, -0.25) is 9.78 Å². The third kappa shape index (κ3) is 4.81. The maximum atomic E-state index is 12.3. The number of aromatic nitrogens is 1. The van der Waals surface area contributed by atoms with Crippen molar-refractivity contribution in [1.82, 2.24) is 9.88 Å². The summed E-state index contributed by atoms with van der Waals surface area (Å²) in [5, 5.41) is 5.55. The minimum Gasteiger partial charge on any atom is -0.326 e. The van der Waals surface area contributed by atoms with Crippen molar-refractivity contribution < 1.29 is 9.59 Å². The molecule has 0 saturated heterocycles. The van der Waals surface area contributed by atoms with Crippen LogP contribution in [0.3, 0.4) is 0 Å². The lowest BCUT2D eigenvalue weighted by molar-refractivity contribution is -0.114. The van der Waals surface area contributed by atoms with E-state index in [0.29, 0.717) is 17.9 Å². The number of hydrogen-bond acceptors (Lipinski definition) is 3. The van der Waals surface area contributed by atoms with E-state index in [-0.39, 0.29) is 11.9 Å². The monoisotopic (exact) mass is 312 g/mol. The molecule has 0 radical (unpaired) electrons. The van der Waals surface area contributed by atoms with Gasteiger partial charge in [0, 0.05) is 31.5 Å². The summed E-state index contributed by atoms with van der Waals surface area (Å²) in [6.45, 7) is 3.75. The zero-order chi connectivity index (χ0) is 16.8. The fraction of sp³-hybridized carbons (Fsp3) is 0.235. The molecular weight excluding hydrogens is 292 g/mol. The van der Waals surface area contributed by atoms with E-state index < -0.39 is 0 Å². The molecule has 0 fully saturated rings. The van der Waals surface area contributed by atoms with E-state index in [1.54, 1.807) is 30.3 Å². The fourth-order valence-electron chi connectivity index (χ4n) is 2.05. The number of carbonyl (C=O) groups excluding carboxylic acids is 2. The van der Waals surface area contributed by atoms with Crippen molar-refractivity contribution in [3.05, 3.63) is 53.9 Å². The molecule has 2 N–H and O–H groups in total. The minimum atomic E-state index is -0.237. The standard InChI is InChI=1S/C17H20N4O2/c1-12-7-8-14(19-13(2)22)10-16(12)20-17(23)21(3)11-15-6-4-5-9-18-15/h4-10H,11H2,1-3H3,(H,19,22)(H,20,23). The van der Waals surface area contributed by atoms with Gasteiger partial charge in [0.25, 0.3) is 0 Å². The molecule has 1 heterocycles. The van der Waals surface area contributed by atoms with E-state index in [1.807, 2.05) is 31.2 Å². The van der Waals surface area contributed by atoms with Crippen LogP contribution >= 0.6 is 0 Å². The first-order chi connectivity index (χ1) is 11.0. The van der Waals surface area contributed by atoms with Crippen molar-refractivity contribution in [1.29, 1.82) is 0 Å². The van der Waals surface area contributed by atoms with Crippen LogP contribution < -0.4 is 10.6 Å². The average molecular weight is 312 g/mol. The molecule has 0 atom stereocenters. The van der Waals surface area contributed by atoms with Gasteiger partial charge in [-0.2, -0.15) is 0 Å². The Morgan fingerprint density at radius 2 is 1.96 bits per heavy atom. The molecule has 1 aromatic heterocycles. The van der Waals surface area contributed by atoms with Gasteiger partial charge in [0.05, 0.1) is 12.2 Å². The molecule has 0 aliphatic rings. The van der Waals surface area contributed by atoms with Gasteiger partial charge in [0.15, 0.2) is 0 Å². The van der Waals surface area contributed by atoms with Crippen molar-refractivity contribution in [2.75, 3.05) is 17.7 Å². The first kappa shape index (κ1) is 16.5. The highest BCUT2D eigenvalue weighted by Gasteiger charge is 2.12. The third-order valence-corrected chi connectivity index (χ3v) is 3.27. The number of nitrogens with one attached hydrogen (secondary N) is 2. The minimum absolute atomic E-state index is 0.154. The smallest absolute Gasteiger partial charge is 0.321 e. The number of hydrogen-bond donors (Lipinski definition) is 2. The molecule has 23 heavy (non-hydrogen) atoms. The summed E-state index contributed by atoms with van der Waals surface area (Å²) in [5.74, 6) is -0.154. The van der Waals surface area contributed by atoms with Crippen LogP contribution in [0.15, 0.2) is 42.6 Å². The van der Waals surface area contributed by atoms with Gasteiger partial charge >= 0.3 is 6.03 Å². The summed E-state index contributed by atoms with van der Waals surface area (Å²) in [5.41, 5.74) is 3.03. The topological polar surface area (TPSA) is 74.3 Å². The van der Waals surface area contributed by atoms with Crippen molar-refractivity contribution >= 4 is 23.3 Å². The Morgan fingerprint density at radius 3 is 2.61 bits per heavy atom. The highest BCUT2D eigenvalue weighted by molar-refractivity contribution is 5.93. The normalized spacial score (nSPS) is 10.0. The summed E-state index contributed by atoms with van der Waals surface area (Å²) in [6, 6.07) is 10.7. The van der Waals surface area contributed by atoms with E-state index in [9.17, 15) is 9.59 Å². The summed E-state index contributed by atoms with van der Waals surface area (Å²) < 4.78 is 0. The summed E-state index contributed by atoms with van der Waals surface area (Å²) in [4.78, 5) is 29.2. The molecule has 0 aliphatic heterocycles. The van der Waals surface area contributed by atoms with Crippen LogP contribution in [0.2, 0.25) is 0 Å². The van der Waals surface area contributed by atoms with E-state index in [1.165, 1.54) is 6.92 Å². The number of aryl methyl sites for hydroxylation is 1. The van der Waals surface area contributed by atoms with Crippen LogP contribution in [-0.2, 0) is 11.3 Å². The lowest BCUT2D eigenvalue weighted by Gasteiger charge is -2.19. The lowest BCUT2D eigenvalue weighted by Crippen LogP contribution is -2.31. The highest BCUT2D eigenvalue weighted by atomic mass is 16.2. The molecule has 0 aliphatic carbocycles. The number of amides is 3. The van der Waals surface area contributed by atoms with Crippen LogP contribution in [0.5, 0.6) is 0 Å². The van der Waals surface area contributed by atoms with Gasteiger partial charge in [-0.25, -0.2) is 4.79 Å². The van der Waals surface area contributed by atoms with E-state index in [4.69, 9.17) is 0 Å². The molecular formula is C17H20N4O2. The average Bonchev–Trinajstić information content (AvgIpc) is 2.51. The number of anilines is 2. The van der Waals surface area contributed by atoms with E-state index in [0.717, 1.165) is 11.3 Å². The molecule has 3 amide bonds. The number of benzene rings is 1. The van der Waals surface area contributed by atoms with Gasteiger partial charge in [-0.15, -0.1) is 0 Å². The van der Waals surface area contributed by atoms with Gasteiger partial charge in [0.2, 0.25) is 5.91 Å². The van der Waals surface area contributed by atoms with Crippen LogP contribution in [0.1, 0.15) is 18.2 Å². The number of pyridine rings is 1. The van der Waals surface area contributed by atoms with E-state index >= 15 is 0 Å². The number of carbonyl (C=O) groups is 2. The van der Waals surface area contributed by atoms with Gasteiger partial charge in [-0.1, -0.05) is 12.1 Å². The predicted molar refractivity (Wildman–Crippen MR) is 90.2 cm³/mol. The first-order valence-electron chi connectivity index (χ1n) is 7.26. The molecule has 1 aromatic carbocycles. The highest BCUT2D eigenvalue weighted by Crippen LogP contribution is 2.20. The summed E-state index contributed by atoms with van der Waals surface area (Å²) in [7, 11) is 1.71. The Morgan fingerprint density at radius 1 is 1.17 bits per heavy atom. The molecule has 0 spiro atoms. The van der Waals surface area contributed by atoms with Crippen molar-refractivity contribution in [2.45, 2.75) is 20.4 Å².